The maximum atomic E-state index is 12.6. The standard InChI is InChI=1S/C21H27N5O4S/c1-4-22-21(27)23-16-7-5-15(6-8-16)19-24-17-12-31(28,29)14(3)18(17)20(25-19)26-9-10-30-11-13(26)2/h5-8,13-14H,4,9-12H2,1-3H3,(H2,22,23,27)/t13-,14-/m0/s1. The van der Waals surface area contributed by atoms with E-state index in [2.05, 4.69) is 20.5 Å². The Balaban J connectivity index is 1.73. The lowest BCUT2D eigenvalue weighted by molar-refractivity contribution is 0.0984. The molecule has 1 saturated heterocycles. The Kier molecular flexibility index (Phi) is 5.85. The van der Waals surface area contributed by atoms with E-state index in [4.69, 9.17) is 9.72 Å². The summed E-state index contributed by atoms with van der Waals surface area (Å²) in [7, 11) is -3.30. The van der Waals surface area contributed by atoms with Gasteiger partial charge in [-0.1, -0.05) is 0 Å². The molecule has 166 valence electrons. The first-order chi connectivity index (χ1) is 14.8. The second-order valence-electron chi connectivity index (χ2n) is 7.86. The quantitative estimate of drug-likeness (QED) is 0.743. The van der Waals surface area contributed by atoms with E-state index < -0.39 is 15.1 Å². The number of amides is 2. The highest BCUT2D eigenvalue weighted by molar-refractivity contribution is 7.91. The van der Waals surface area contributed by atoms with E-state index >= 15 is 0 Å². The largest absolute Gasteiger partial charge is 0.377 e. The molecule has 3 heterocycles. The first-order valence-corrected chi connectivity index (χ1v) is 12.1. The first kappa shape index (κ1) is 21.5. The summed E-state index contributed by atoms with van der Waals surface area (Å²) in [6.07, 6.45) is 0. The number of aromatic nitrogens is 2. The molecule has 2 aromatic rings. The van der Waals surface area contributed by atoms with Crippen LogP contribution in [0, 0.1) is 0 Å². The molecule has 4 rings (SSSR count). The summed E-state index contributed by atoms with van der Waals surface area (Å²) in [6.45, 7) is 7.92. The van der Waals surface area contributed by atoms with Crippen molar-refractivity contribution in [2.45, 2.75) is 37.8 Å². The normalized spacial score (nSPS) is 22.1. The maximum absolute atomic E-state index is 12.6. The third-order valence-corrected chi connectivity index (χ3v) is 7.65. The minimum Gasteiger partial charge on any atom is -0.377 e. The van der Waals surface area contributed by atoms with Gasteiger partial charge in [-0.3, -0.25) is 0 Å². The molecule has 0 bridgehead atoms. The number of nitrogens with zero attached hydrogens (tertiary/aromatic N) is 3. The molecule has 9 nitrogen and oxygen atoms in total. The van der Waals surface area contributed by atoms with Crippen LogP contribution in [0.15, 0.2) is 24.3 Å². The van der Waals surface area contributed by atoms with Crippen molar-refractivity contribution in [1.82, 2.24) is 15.3 Å². The number of carbonyl (C=O) groups excluding carboxylic acids is 1. The molecule has 2 amide bonds. The maximum Gasteiger partial charge on any atom is 0.319 e. The Morgan fingerprint density at radius 1 is 1.23 bits per heavy atom. The number of hydrogen-bond donors (Lipinski definition) is 2. The Morgan fingerprint density at radius 3 is 2.65 bits per heavy atom. The third kappa shape index (κ3) is 4.22. The van der Waals surface area contributed by atoms with E-state index in [1.807, 2.05) is 26.0 Å². The van der Waals surface area contributed by atoms with E-state index in [0.29, 0.717) is 54.9 Å². The molecule has 0 radical (unpaired) electrons. The van der Waals surface area contributed by atoms with Crippen LogP contribution in [0.3, 0.4) is 0 Å². The highest BCUT2D eigenvalue weighted by Crippen LogP contribution is 2.42. The van der Waals surface area contributed by atoms with Gasteiger partial charge in [0.1, 0.15) is 5.82 Å². The van der Waals surface area contributed by atoms with Crippen LogP contribution in [0.5, 0.6) is 0 Å². The monoisotopic (exact) mass is 445 g/mol. The molecule has 1 aromatic carbocycles. The van der Waals surface area contributed by atoms with Crippen LogP contribution in [0.1, 0.15) is 37.3 Å². The summed E-state index contributed by atoms with van der Waals surface area (Å²) in [5.74, 6) is 1.07. The van der Waals surface area contributed by atoms with Gasteiger partial charge < -0.3 is 20.3 Å². The van der Waals surface area contributed by atoms with Crippen molar-refractivity contribution in [3.8, 4) is 11.4 Å². The number of anilines is 2. The minimum absolute atomic E-state index is 0.0818. The van der Waals surface area contributed by atoms with Crippen molar-refractivity contribution < 1.29 is 17.9 Å². The van der Waals surface area contributed by atoms with E-state index in [0.717, 1.165) is 5.56 Å². The summed E-state index contributed by atoms with van der Waals surface area (Å²) >= 11 is 0. The van der Waals surface area contributed by atoms with Crippen LogP contribution in [0.4, 0.5) is 16.3 Å². The van der Waals surface area contributed by atoms with Gasteiger partial charge >= 0.3 is 6.03 Å². The van der Waals surface area contributed by atoms with Crippen LogP contribution < -0.4 is 15.5 Å². The van der Waals surface area contributed by atoms with Crippen molar-refractivity contribution in [1.29, 1.82) is 0 Å². The highest BCUT2D eigenvalue weighted by atomic mass is 32.2. The second kappa shape index (κ2) is 8.43. The van der Waals surface area contributed by atoms with E-state index in [-0.39, 0.29) is 17.8 Å². The molecule has 2 aliphatic heterocycles. The van der Waals surface area contributed by atoms with Crippen LogP contribution in [0.2, 0.25) is 0 Å². The molecule has 2 N–H and O–H groups in total. The molecule has 10 heteroatoms. The van der Waals surface area contributed by atoms with Gasteiger partial charge in [-0.05, 0) is 45.0 Å². The fraction of sp³-hybridized carbons (Fsp3) is 0.476. The SMILES string of the molecule is CCNC(=O)Nc1ccc(-c2nc3c(c(N4CCOC[C@@H]4C)n2)[C@H](C)S(=O)(=O)C3)cc1. The summed E-state index contributed by atoms with van der Waals surface area (Å²) in [5, 5.41) is 4.80. The summed E-state index contributed by atoms with van der Waals surface area (Å²) in [4.78, 5) is 23.3. The zero-order valence-corrected chi connectivity index (χ0v) is 18.7. The number of rotatable bonds is 4. The average Bonchev–Trinajstić information content (AvgIpc) is 2.97. The predicted molar refractivity (Wildman–Crippen MR) is 119 cm³/mol. The number of morpholine rings is 1. The van der Waals surface area contributed by atoms with Gasteiger partial charge in [0, 0.05) is 29.9 Å². The third-order valence-electron chi connectivity index (χ3n) is 5.67. The minimum atomic E-state index is -3.30. The molecule has 2 atom stereocenters. The van der Waals surface area contributed by atoms with Crippen LogP contribution in [-0.2, 0) is 20.3 Å². The van der Waals surface area contributed by atoms with Gasteiger partial charge in [-0.2, -0.15) is 0 Å². The number of benzene rings is 1. The molecule has 0 unspecified atom stereocenters. The zero-order valence-electron chi connectivity index (χ0n) is 17.9. The number of fused-ring (bicyclic) bond motifs is 1. The fourth-order valence-electron chi connectivity index (χ4n) is 3.95. The lowest BCUT2D eigenvalue weighted by Crippen LogP contribution is -2.44. The van der Waals surface area contributed by atoms with Crippen LogP contribution in [0.25, 0.3) is 11.4 Å². The van der Waals surface area contributed by atoms with Crippen molar-refractivity contribution in [3.63, 3.8) is 0 Å². The number of ether oxygens (including phenoxy) is 1. The lowest BCUT2D eigenvalue weighted by atomic mass is 10.1. The molecule has 2 aliphatic rings. The molecular formula is C21H27N5O4S. The number of hydrogen-bond acceptors (Lipinski definition) is 7. The molecule has 1 fully saturated rings. The van der Waals surface area contributed by atoms with Gasteiger partial charge in [0.25, 0.3) is 0 Å². The van der Waals surface area contributed by atoms with Crippen LogP contribution in [-0.4, -0.2) is 56.8 Å². The molecule has 31 heavy (non-hydrogen) atoms. The van der Waals surface area contributed by atoms with Crippen molar-refractivity contribution >= 4 is 27.4 Å². The van der Waals surface area contributed by atoms with Crippen molar-refractivity contribution in [2.24, 2.45) is 0 Å². The van der Waals surface area contributed by atoms with Crippen LogP contribution >= 0.6 is 0 Å². The first-order valence-electron chi connectivity index (χ1n) is 10.4. The molecule has 0 spiro atoms. The van der Waals surface area contributed by atoms with E-state index in [1.165, 1.54) is 0 Å². The fourth-order valence-corrected chi connectivity index (χ4v) is 5.40. The van der Waals surface area contributed by atoms with Gasteiger partial charge in [0.15, 0.2) is 15.7 Å². The highest BCUT2D eigenvalue weighted by Gasteiger charge is 2.40. The van der Waals surface area contributed by atoms with Gasteiger partial charge in [-0.15, -0.1) is 0 Å². The topological polar surface area (TPSA) is 114 Å². The average molecular weight is 446 g/mol. The zero-order chi connectivity index (χ0) is 22.2. The van der Waals surface area contributed by atoms with Gasteiger partial charge in [0.05, 0.1) is 36.0 Å². The number of urea groups is 1. The smallest absolute Gasteiger partial charge is 0.319 e. The Bertz CT molecular complexity index is 1090. The molecule has 1 aromatic heterocycles. The number of carbonyl (C=O) groups is 1. The number of sulfone groups is 1. The van der Waals surface area contributed by atoms with E-state index in [9.17, 15) is 13.2 Å². The van der Waals surface area contributed by atoms with Crippen molar-refractivity contribution in [3.05, 3.63) is 35.5 Å². The van der Waals surface area contributed by atoms with Gasteiger partial charge in [-0.25, -0.2) is 23.2 Å². The van der Waals surface area contributed by atoms with Crippen molar-refractivity contribution in [2.75, 3.05) is 36.5 Å². The number of nitrogens with one attached hydrogen (secondary N) is 2. The van der Waals surface area contributed by atoms with Gasteiger partial charge in [0.2, 0.25) is 0 Å². The molecule has 0 aliphatic carbocycles. The lowest BCUT2D eigenvalue weighted by Gasteiger charge is -2.35. The molecular weight excluding hydrogens is 418 g/mol. The summed E-state index contributed by atoms with van der Waals surface area (Å²) < 4.78 is 30.8. The predicted octanol–water partition coefficient (Wildman–Crippen LogP) is 2.50. The Hall–Kier alpha value is -2.72. The Morgan fingerprint density at radius 2 is 1.97 bits per heavy atom. The van der Waals surface area contributed by atoms with E-state index in [1.54, 1.807) is 19.1 Å². The summed E-state index contributed by atoms with van der Waals surface area (Å²) in [5.41, 5.74) is 2.67. The second-order valence-corrected chi connectivity index (χ2v) is 10.2. The summed E-state index contributed by atoms with van der Waals surface area (Å²) in [6, 6.07) is 7.01. The molecule has 0 saturated carbocycles. The Labute approximate surface area is 182 Å².